The number of rotatable bonds is 2. The molecule has 4 heteroatoms. The summed E-state index contributed by atoms with van der Waals surface area (Å²) < 4.78 is 0. The molecule has 0 radical (unpaired) electrons. The van der Waals surface area contributed by atoms with Gasteiger partial charge in [-0.25, -0.2) is 0 Å². The molecule has 100 valence electrons. The van der Waals surface area contributed by atoms with E-state index in [2.05, 4.69) is 0 Å². The molecule has 1 aliphatic rings. The second-order valence-electron chi connectivity index (χ2n) is 6.03. The number of aliphatic hydroxyl groups is 4. The van der Waals surface area contributed by atoms with Crippen molar-refractivity contribution in [3.05, 3.63) is 12.2 Å². The molecule has 1 saturated carbocycles. The van der Waals surface area contributed by atoms with E-state index in [9.17, 15) is 20.4 Å². The van der Waals surface area contributed by atoms with Crippen LogP contribution in [0.1, 0.15) is 34.1 Å². The SMILES string of the molecule is CC(O)/C=C/[C@@H]1C(C)(C)C[C@@H](O)[C@H](O)[C@@]1(C)O. The number of hydrogen-bond acceptors (Lipinski definition) is 4. The summed E-state index contributed by atoms with van der Waals surface area (Å²) in [5.41, 5.74) is -1.74. The Morgan fingerprint density at radius 2 is 1.76 bits per heavy atom. The van der Waals surface area contributed by atoms with Crippen LogP contribution < -0.4 is 0 Å². The molecule has 1 fully saturated rings. The molecule has 4 nitrogen and oxygen atoms in total. The van der Waals surface area contributed by atoms with Gasteiger partial charge in [0.05, 0.1) is 17.8 Å². The van der Waals surface area contributed by atoms with Crippen molar-refractivity contribution in [2.75, 3.05) is 0 Å². The molecule has 0 aromatic rings. The van der Waals surface area contributed by atoms with Crippen molar-refractivity contribution in [2.45, 2.75) is 58.0 Å². The van der Waals surface area contributed by atoms with Gasteiger partial charge >= 0.3 is 0 Å². The first-order chi connectivity index (χ1) is 7.59. The van der Waals surface area contributed by atoms with Gasteiger partial charge in [-0.15, -0.1) is 0 Å². The van der Waals surface area contributed by atoms with Gasteiger partial charge in [0.2, 0.25) is 0 Å². The van der Waals surface area contributed by atoms with Crippen molar-refractivity contribution in [3.63, 3.8) is 0 Å². The van der Waals surface area contributed by atoms with Crippen molar-refractivity contribution < 1.29 is 20.4 Å². The molecule has 1 rings (SSSR count). The van der Waals surface area contributed by atoms with E-state index >= 15 is 0 Å². The summed E-state index contributed by atoms with van der Waals surface area (Å²) in [7, 11) is 0. The summed E-state index contributed by atoms with van der Waals surface area (Å²) in [6.07, 6.45) is 1.07. The van der Waals surface area contributed by atoms with Crippen LogP contribution in [0.25, 0.3) is 0 Å². The molecule has 1 aliphatic carbocycles. The zero-order valence-electron chi connectivity index (χ0n) is 11.0. The summed E-state index contributed by atoms with van der Waals surface area (Å²) in [6.45, 7) is 7.03. The third-order valence-corrected chi connectivity index (χ3v) is 3.75. The lowest BCUT2D eigenvalue weighted by atomic mass is 9.59. The highest BCUT2D eigenvalue weighted by molar-refractivity contribution is 5.12. The van der Waals surface area contributed by atoms with Crippen molar-refractivity contribution in [1.82, 2.24) is 0 Å². The Bertz CT molecular complexity index is 294. The molecule has 4 N–H and O–H groups in total. The molecule has 0 heterocycles. The van der Waals surface area contributed by atoms with Crippen LogP contribution in [0.15, 0.2) is 12.2 Å². The van der Waals surface area contributed by atoms with Gasteiger partial charge in [0.1, 0.15) is 6.10 Å². The highest BCUT2D eigenvalue weighted by Crippen LogP contribution is 2.47. The van der Waals surface area contributed by atoms with Crippen LogP contribution in [-0.4, -0.2) is 44.3 Å². The Balaban J connectivity index is 3.04. The minimum atomic E-state index is -1.40. The van der Waals surface area contributed by atoms with Crippen molar-refractivity contribution in [3.8, 4) is 0 Å². The van der Waals surface area contributed by atoms with Gasteiger partial charge in [-0.2, -0.15) is 0 Å². The molecule has 0 saturated heterocycles. The maximum Gasteiger partial charge on any atom is 0.109 e. The Morgan fingerprint density at radius 3 is 2.24 bits per heavy atom. The van der Waals surface area contributed by atoms with Gasteiger partial charge in [0.25, 0.3) is 0 Å². The second-order valence-corrected chi connectivity index (χ2v) is 6.03. The first kappa shape index (κ1) is 14.6. The first-order valence-corrected chi connectivity index (χ1v) is 6.04. The van der Waals surface area contributed by atoms with Gasteiger partial charge in [0, 0.05) is 5.92 Å². The maximum absolute atomic E-state index is 10.4. The zero-order valence-corrected chi connectivity index (χ0v) is 11.0. The fraction of sp³-hybridized carbons (Fsp3) is 0.846. The largest absolute Gasteiger partial charge is 0.390 e. The van der Waals surface area contributed by atoms with E-state index in [0.29, 0.717) is 6.42 Å². The average molecular weight is 244 g/mol. The number of hydrogen-bond donors (Lipinski definition) is 4. The molecule has 0 aromatic heterocycles. The highest BCUT2D eigenvalue weighted by atomic mass is 16.4. The molecular formula is C13H24O4. The lowest BCUT2D eigenvalue weighted by Gasteiger charge is -2.51. The third kappa shape index (κ3) is 2.88. The van der Waals surface area contributed by atoms with E-state index in [4.69, 9.17) is 0 Å². The van der Waals surface area contributed by atoms with E-state index in [-0.39, 0.29) is 11.3 Å². The van der Waals surface area contributed by atoms with Crippen LogP contribution in [0.5, 0.6) is 0 Å². The van der Waals surface area contributed by atoms with Crippen LogP contribution >= 0.6 is 0 Å². The zero-order chi connectivity index (χ0) is 13.4. The van der Waals surface area contributed by atoms with Crippen LogP contribution in [0.3, 0.4) is 0 Å². The Hall–Kier alpha value is -0.420. The van der Waals surface area contributed by atoms with E-state index in [0.717, 1.165) is 0 Å². The molecule has 0 aliphatic heterocycles. The molecule has 1 unspecified atom stereocenters. The molecule has 5 atom stereocenters. The fourth-order valence-electron chi connectivity index (χ4n) is 2.87. The number of aliphatic hydroxyl groups excluding tert-OH is 3. The van der Waals surface area contributed by atoms with Gasteiger partial charge in [-0.3, -0.25) is 0 Å². The Kier molecular flexibility index (Phi) is 4.04. The normalized spacial score (nSPS) is 43.9. The molecule has 0 bridgehead atoms. The molecule has 0 amide bonds. The third-order valence-electron chi connectivity index (χ3n) is 3.75. The monoisotopic (exact) mass is 244 g/mol. The van der Waals surface area contributed by atoms with Crippen molar-refractivity contribution in [1.29, 1.82) is 0 Å². The minimum absolute atomic E-state index is 0.317. The second kappa shape index (κ2) is 4.69. The summed E-state index contributed by atoms with van der Waals surface area (Å²) in [6, 6.07) is 0. The van der Waals surface area contributed by atoms with E-state index in [1.807, 2.05) is 13.8 Å². The smallest absolute Gasteiger partial charge is 0.109 e. The van der Waals surface area contributed by atoms with E-state index < -0.39 is 23.9 Å². The molecular weight excluding hydrogens is 220 g/mol. The average Bonchev–Trinajstić information content (AvgIpc) is 2.12. The molecule has 17 heavy (non-hydrogen) atoms. The summed E-state index contributed by atoms with van der Waals surface area (Å²) in [5, 5.41) is 39.3. The van der Waals surface area contributed by atoms with Crippen LogP contribution in [0.2, 0.25) is 0 Å². The highest BCUT2D eigenvalue weighted by Gasteiger charge is 2.53. The van der Waals surface area contributed by atoms with Crippen molar-refractivity contribution >= 4 is 0 Å². The Morgan fingerprint density at radius 1 is 1.24 bits per heavy atom. The van der Waals surface area contributed by atoms with E-state index in [1.165, 1.54) is 6.92 Å². The quantitative estimate of drug-likeness (QED) is 0.531. The predicted molar refractivity (Wildman–Crippen MR) is 65.3 cm³/mol. The summed E-state index contributed by atoms with van der Waals surface area (Å²) in [4.78, 5) is 0. The van der Waals surface area contributed by atoms with Crippen molar-refractivity contribution in [2.24, 2.45) is 11.3 Å². The van der Waals surface area contributed by atoms with Gasteiger partial charge < -0.3 is 20.4 Å². The first-order valence-electron chi connectivity index (χ1n) is 6.04. The summed E-state index contributed by atoms with van der Waals surface area (Å²) in [5.74, 6) is -0.317. The molecule has 0 aromatic carbocycles. The maximum atomic E-state index is 10.4. The van der Waals surface area contributed by atoms with Crippen LogP contribution in [0.4, 0.5) is 0 Å². The Labute approximate surface area is 103 Å². The topological polar surface area (TPSA) is 80.9 Å². The summed E-state index contributed by atoms with van der Waals surface area (Å²) >= 11 is 0. The van der Waals surface area contributed by atoms with Gasteiger partial charge in [0.15, 0.2) is 0 Å². The lowest BCUT2D eigenvalue weighted by Crippen LogP contribution is -2.60. The van der Waals surface area contributed by atoms with Crippen LogP contribution in [0, 0.1) is 11.3 Å². The van der Waals surface area contributed by atoms with Crippen LogP contribution in [-0.2, 0) is 0 Å². The minimum Gasteiger partial charge on any atom is -0.390 e. The molecule has 0 spiro atoms. The standard InChI is InChI=1S/C13H24O4/c1-8(14)5-6-10-12(2,3)7-9(15)11(16)13(10,4)17/h5-6,8-11,14-17H,7H2,1-4H3/b6-5+/t8?,9-,10-,11+,13+/m1/s1. The predicted octanol–water partition coefficient (Wildman–Crippen LogP) is 0.442. The fourth-order valence-corrected chi connectivity index (χ4v) is 2.87. The van der Waals surface area contributed by atoms with E-state index in [1.54, 1.807) is 19.1 Å². The van der Waals surface area contributed by atoms with Gasteiger partial charge in [-0.1, -0.05) is 26.0 Å². The van der Waals surface area contributed by atoms with Gasteiger partial charge in [-0.05, 0) is 25.7 Å². The lowest BCUT2D eigenvalue weighted by molar-refractivity contribution is -0.193.